The predicted octanol–water partition coefficient (Wildman–Crippen LogP) is 2.79. The summed E-state index contributed by atoms with van der Waals surface area (Å²) in [5.74, 6) is 1.10. The lowest BCUT2D eigenvalue weighted by Crippen LogP contribution is -2.15. The first-order valence-electron chi connectivity index (χ1n) is 8.25. The SMILES string of the molecule is CC(C)c1ncc(NS(=O)(=O)c2cn(C)nc2C2CCCC2)cn1. The Bertz CT molecular complexity index is 805. The van der Waals surface area contributed by atoms with Crippen LogP contribution in [0.15, 0.2) is 23.5 Å². The number of sulfonamides is 1. The van der Waals surface area contributed by atoms with Crippen molar-refractivity contribution < 1.29 is 8.42 Å². The van der Waals surface area contributed by atoms with Crippen molar-refractivity contribution in [3.8, 4) is 0 Å². The summed E-state index contributed by atoms with van der Waals surface area (Å²) in [5, 5.41) is 4.40. The minimum absolute atomic E-state index is 0.197. The largest absolute Gasteiger partial charge is 0.276 e. The van der Waals surface area contributed by atoms with Crippen molar-refractivity contribution in [1.29, 1.82) is 0 Å². The van der Waals surface area contributed by atoms with Gasteiger partial charge >= 0.3 is 0 Å². The molecule has 0 aliphatic heterocycles. The predicted molar refractivity (Wildman–Crippen MR) is 91.3 cm³/mol. The highest BCUT2D eigenvalue weighted by atomic mass is 32.2. The van der Waals surface area contributed by atoms with Crippen LogP contribution in [-0.2, 0) is 17.1 Å². The zero-order chi connectivity index (χ0) is 17.3. The van der Waals surface area contributed by atoms with Gasteiger partial charge in [0, 0.05) is 25.1 Å². The molecule has 1 aliphatic carbocycles. The van der Waals surface area contributed by atoms with Gasteiger partial charge in [0.1, 0.15) is 10.7 Å². The van der Waals surface area contributed by atoms with Crippen molar-refractivity contribution in [1.82, 2.24) is 19.7 Å². The number of hydrogen-bond acceptors (Lipinski definition) is 5. The molecule has 24 heavy (non-hydrogen) atoms. The minimum Gasteiger partial charge on any atom is -0.276 e. The number of anilines is 1. The molecule has 0 bridgehead atoms. The highest BCUT2D eigenvalue weighted by Crippen LogP contribution is 2.36. The van der Waals surface area contributed by atoms with E-state index >= 15 is 0 Å². The summed E-state index contributed by atoms with van der Waals surface area (Å²) in [7, 11) is -1.96. The summed E-state index contributed by atoms with van der Waals surface area (Å²) in [5.41, 5.74) is 1.03. The Kier molecular flexibility index (Phi) is 4.58. The number of nitrogens with one attached hydrogen (secondary N) is 1. The monoisotopic (exact) mass is 349 g/mol. The maximum absolute atomic E-state index is 12.8. The maximum atomic E-state index is 12.8. The van der Waals surface area contributed by atoms with Crippen molar-refractivity contribution in [2.45, 2.75) is 56.3 Å². The van der Waals surface area contributed by atoms with Crippen LogP contribution >= 0.6 is 0 Å². The molecule has 0 amide bonds. The Hall–Kier alpha value is -1.96. The molecular weight excluding hydrogens is 326 g/mol. The highest BCUT2D eigenvalue weighted by molar-refractivity contribution is 7.92. The minimum atomic E-state index is -3.71. The third-order valence-electron chi connectivity index (χ3n) is 4.29. The third kappa shape index (κ3) is 3.43. The fourth-order valence-electron chi connectivity index (χ4n) is 3.07. The van der Waals surface area contributed by atoms with Gasteiger partial charge in [0.25, 0.3) is 10.0 Å². The van der Waals surface area contributed by atoms with Gasteiger partial charge < -0.3 is 0 Å². The molecule has 0 aromatic carbocycles. The number of hydrogen-bond donors (Lipinski definition) is 1. The van der Waals surface area contributed by atoms with Crippen LogP contribution in [0.1, 0.15) is 62.9 Å². The van der Waals surface area contributed by atoms with Crippen molar-refractivity contribution in [3.05, 3.63) is 30.1 Å². The summed E-state index contributed by atoms with van der Waals surface area (Å²) >= 11 is 0. The van der Waals surface area contributed by atoms with Crippen LogP contribution in [0.3, 0.4) is 0 Å². The van der Waals surface area contributed by atoms with Gasteiger partial charge in [-0.15, -0.1) is 0 Å². The van der Waals surface area contributed by atoms with Crippen LogP contribution in [-0.4, -0.2) is 28.2 Å². The van der Waals surface area contributed by atoms with Crippen molar-refractivity contribution in [2.75, 3.05) is 4.72 Å². The first-order valence-corrected chi connectivity index (χ1v) is 9.73. The second kappa shape index (κ2) is 6.51. The number of nitrogens with zero attached hydrogens (tertiary/aromatic N) is 4. The molecule has 2 heterocycles. The Morgan fingerprint density at radius 2 is 1.83 bits per heavy atom. The summed E-state index contributed by atoms with van der Waals surface area (Å²) in [4.78, 5) is 8.66. The summed E-state index contributed by atoms with van der Waals surface area (Å²) in [6, 6.07) is 0. The van der Waals surface area contributed by atoms with Crippen LogP contribution in [0.2, 0.25) is 0 Å². The summed E-state index contributed by atoms with van der Waals surface area (Å²) in [6.07, 6.45) is 8.81. The molecule has 0 atom stereocenters. The van der Waals surface area contributed by atoms with E-state index < -0.39 is 10.0 Å². The topological polar surface area (TPSA) is 89.8 Å². The Balaban J connectivity index is 1.88. The normalized spacial score (nSPS) is 16.0. The fourth-order valence-corrected chi connectivity index (χ4v) is 4.37. The van der Waals surface area contributed by atoms with Crippen molar-refractivity contribution in [2.24, 2.45) is 7.05 Å². The van der Waals surface area contributed by atoms with E-state index in [1.165, 1.54) is 12.4 Å². The molecule has 7 nitrogen and oxygen atoms in total. The van der Waals surface area contributed by atoms with Crippen molar-refractivity contribution >= 4 is 15.7 Å². The lowest BCUT2D eigenvalue weighted by atomic mass is 10.1. The van der Waals surface area contributed by atoms with Crippen LogP contribution in [0.5, 0.6) is 0 Å². The second-order valence-corrected chi connectivity index (χ2v) is 8.27. The first-order chi connectivity index (χ1) is 11.4. The summed E-state index contributed by atoms with van der Waals surface area (Å²) < 4.78 is 29.7. The number of aromatic nitrogens is 4. The molecule has 0 saturated heterocycles. The smallest absolute Gasteiger partial charge is 0.265 e. The molecule has 0 spiro atoms. The molecule has 8 heteroatoms. The highest BCUT2D eigenvalue weighted by Gasteiger charge is 2.29. The van der Waals surface area contributed by atoms with E-state index in [0.717, 1.165) is 25.7 Å². The molecule has 3 rings (SSSR count). The van der Waals surface area contributed by atoms with Crippen LogP contribution in [0.25, 0.3) is 0 Å². The Morgan fingerprint density at radius 3 is 2.42 bits per heavy atom. The quantitative estimate of drug-likeness (QED) is 0.896. The second-order valence-electron chi connectivity index (χ2n) is 6.62. The molecule has 2 aromatic rings. The van der Waals surface area contributed by atoms with E-state index in [9.17, 15) is 8.42 Å². The molecule has 1 N–H and O–H groups in total. The van der Waals surface area contributed by atoms with Gasteiger partial charge in [0.2, 0.25) is 0 Å². The fraction of sp³-hybridized carbons (Fsp3) is 0.562. The zero-order valence-corrected chi connectivity index (χ0v) is 15.0. The average molecular weight is 349 g/mol. The molecule has 0 radical (unpaired) electrons. The van der Waals surface area contributed by atoms with Gasteiger partial charge in [-0.2, -0.15) is 5.10 Å². The van der Waals surface area contributed by atoms with E-state index in [1.54, 1.807) is 17.9 Å². The van der Waals surface area contributed by atoms with Crippen LogP contribution in [0, 0.1) is 0 Å². The van der Waals surface area contributed by atoms with Gasteiger partial charge in [-0.25, -0.2) is 18.4 Å². The van der Waals surface area contributed by atoms with E-state index in [-0.39, 0.29) is 16.7 Å². The Labute approximate surface area is 142 Å². The van der Waals surface area contributed by atoms with Gasteiger partial charge in [0.05, 0.1) is 23.8 Å². The van der Waals surface area contributed by atoms with Gasteiger partial charge in [-0.3, -0.25) is 9.40 Å². The third-order valence-corrected chi connectivity index (χ3v) is 5.69. The number of rotatable bonds is 5. The van der Waals surface area contributed by atoms with Gasteiger partial charge in [0.15, 0.2) is 0 Å². The van der Waals surface area contributed by atoms with E-state index in [1.807, 2.05) is 13.8 Å². The van der Waals surface area contributed by atoms with Crippen LogP contribution in [0.4, 0.5) is 5.69 Å². The van der Waals surface area contributed by atoms with E-state index in [2.05, 4.69) is 19.8 Å². The zero-order valence-electron chi connectivity index (χ0n) is 14.2. The Morgan fingerprint density at radius 1 is 1.21 bits per heavy atom. The van der Waals surface area contributed by atoms with Crippen molar-refractivity contribution in [3.63, 3.8) is 0 Å². The number of aryl methyl sites for hydroxylation is 1. The molecular formula is C16H23N5O2S. The molecule has 0 unspecified atom stereocenters. The van der Waals surface area contributed by atoms with Gasteiger partial charge in [-0.05, 0) is 12.8 Å². The maximum Gasteiger partial charge on any atom is 0.265 e. The lowest BCUT2D eigenvalue weighted by Gasteiger charge is -2.11. The average Bonchev–Trinajstić information content (AvgIpc) is 3.16. The van der Waals surface area contributed by atoms with Crippen LogP contribution < -0.4 is 4.72 Å². The lowest BCUT2D eigenvalue weighted by molar-refractivity contribution is 0.595. The summed E-state index contributed by atoms with van der Waals surface area (Å²) in [6.45, 7) is 3.98. The molecule has 2 aromatic heterocycles. The first kappa shape index (κ1) is 16.9. The standard InChI is InChI=1S/C16H23N5O2S/c1-11(2)16-17-8-13(9-18-16)20-24(22,23)14-10-21(3)19-15(14)12-6-4-5-7-12/h8-12,20H,4-7H2,1-3H3. The van der Waals surface area contributed by atoms with E-state index in [0.29, 0.717) is 17.2 Å². The van der Waals surface area contributed by atoms with Gasteiger partial charge in [-0.1, -0.05) is 26.7 Å². The molecule has 1 saturated carbocycles. The molecule has 130 valence electrons. The van der Waals surface area contributed by atoms with E-state index in [4.69, 9.17) is 0 Å². The molecule has 1 aliphatic rings. The molecule has 1 fully saturated rings.